The summed E-state index contributed by atoms with van der Waals surface area (Å²) in [6.45, 7) is 0. The molecule has 1 heterocycles. The fraction of sp³-hybridized carbons (Fsp3) is 0. The van der Waals surface area contributed by atoms with E-state index in [1.807, 2.05) is 36.4 Å². The smallest absolute Gasteiger partial charge is 0.266 e. The van der Waals surface area contributed by atoms with Crippen molar-refractivity contribution < 1.29 is 0 Å². The van der Waals surface area contributed by atoms with Crippen molar-refractivity contribution in [2.24, 2.45) is 0 Å². The Balaban J connectivity index is 2.25. The molecule has 0 spiro atoms. The second-order valence-electron chi connectivity index (χ2n) is 4.91. The first-order valence-corrected chi connectivity index (χ1v) is 7.54. The van der Waals surface area contributed by atoms with Crippen LogP contribution in [0, 0.1) is 11.3 Å². The van der Waals surface area contributed by atoms with Gasteiger partial charge in [-0.2, -0.15) is 5.26 Å². The van der Waals surface area contributed by atoms with E-state index >= 15 is 0 Å². The van der Waals surface area contributed by atoms with Crippen molar-refractivity contribution in [3.63, 3.8) is 0 Å². The molecule has 23 heavy (non-hydrogen) atoms. The number of benzene rings is 2. The Bertz CT molecular complexity index is 973. The molecule has 0 radical (unpaired) electrons. The first-order chi connectivity index (χ1) is 11.1. The molecule has 3 aromatic rings. The van der Waals surface area contributed by atoms with Gasteiger partial charge >= 0.3 is 0 Å². The van der Waals surface area contributed by atoms with E-state index in [4.69, 9.17) is 23.2 Å². The molecule has 2 aromatic carbocycles. The molecule has 1 N–H and O–H groups in total. The summed E-state index contributed by atoms with van der Waals surface area (Å²) in [4.78, 5) is 15.0. The molecule has 1 aromatic heterocycles. The van der Waals surface area contributed by atoms with Crippen LogP contribution in [0.1, 0.15) is 5.56 Å². The van der Waals surface area contributed by atoms with Crippen molar-refractivity contribution in [3.05, 3.63) is 80.6 Å². The van der Waals surface area contributed by atoms with Crippen molar-refractivity contribution in [1.82, 2.24) is 4.98 Å². The summed E-state index contributed by atoms with van der Waals surface area (Å²) in [5, 5.41) is 10.1. The first-order valence-electron chi connectivity index (χ1n) is 6.78. The maximum Gasteiger partial charge on any atom is 0.266 e. The molecule has 0 saturated heterocycles. The van der Waals surface area contributed by atoms with Crippen molar-refractivity contribution in [1.29, 1.82) is 5.26 Å². The predicted molar refractivity (Wildman–Crippen MR) is 92.7 cm³/mol. The number of nitrogens with one attached hydrogen (secondary N) is 1. The summed E-state index contributed by atoms with van der Waals surface area (Å²) in [7, 11) is 0. The highest BCUT2D eigenvalue weighted by Gasteiger charge is 2.12. The predicted octanol–water partition coefficient (Wildman–Crippen LogP) is 4.89. The minimum atomic E-state index is -0.435. The lowest BCUT2D eigenvalue weighted by Crippen LogP contribution is -2.12. The van der Waals surface area contributed by atoms with Gasteiger partial charge in [-0.1, -0.05) is 59.6 Å². The molecule has 0 bridgehead atoms. The highest BCUT2D eigenvalue weighted by molar-refractivity contribution is 6.42. The van der Waals surface area contributed by atoms with Crippen LogP contribution in [0.2, 0.25) is 10.0 Å². The quantitative estimate of drug-likeness (QED) is 0.722. The lowest BCUT2D eigenvalue weighted by atomic mass is 9.99. The Labute approximate surface area is 142 Å². The van der Waals surface area contributed by atoms with E-state index in [9.17, 15) is 10.1 Å². The fourth-order valence-corrected chi connectivity index (χ4v) is 2.63. The first kappa shape index (κ1) is 15.4. The summed E-state index contributed by atoms with van der Waals surface area (Å²) < 4.78 is 0. The van der Waals surface area contributed by atoms with Gasteiger partial charge in [0.2, 0.25) is 0 Å². The summed E-state index contributed by atoms with van der Waals surface area (Å²) in [6, 6.07) is 18.2. The molecule has 0 aliphatic heterocycles. The van der Waals surface area contributed by atoms with Gasteiger partial charge in [-0.05, 0) is 29.3 Å². The van der Waals surface area contributed by atoms with Gasteiger partial charge in [0.05, 0.1) is 10.0 Å². The molecule has 0 aliphatic rings. The number of aromatic amines is 1. The van der Waals surface area contributed by atoms with E-state index in [1.165, 1.54) is 0 Å². The zero-order valence-electron chi connectivity index (χ0n) is 11.8. The molecular weight excluding hydrogens is 331 g/mol. The average molecular weight is 341 g/mol. The topological polar surface area (TPSA) is 56.6 Å². The maximum atomic E-state index is 12.3. The fourth-order valence-electron chi connectivity index (χ4n) is 2.34. The van der Waals surface area contributed by atoms with Gasteiger partial charge in [0.25, 0.3) is 5.56 Å². The molecule has 0 saturated carbocycles. The number of nitrogens with zero attached hydrogens (tertiary/aromatic N) is 1. The highest BCUT2D eigenvalue weighted by Crippen LogP contribution is 2.30. The zero-order chi connectivity index (χ0) is 16.4. The van der Waals surface area contributed by atoms with Crippen LogP contribution < -0.4 is 5.56 Å². The highest BCUT2D eigenvalue weighted by atomic mass is 35.5. The van der Waals surface area contributed by atoms with Crippen LogP contribution in [-0.4, -0.2) is 4.98 Å². The molecular formula is C18H10Cl2N2O. The molecule has 0 unspecified atom stereocenters. The van der Waals surface area contributed by atoms with E-state index in [-0.39, 0.29) is 5.56 Å². The summed E-state index contributed by atoms with van der Waals surface area (Å²) in [5.74, 6) is 0. The molecule has 0 aliphatic carbocycles. The van der Waals surface area contributed by atoms with Gasteiger partial charge in [0.1, 0.15) is 11.6 Å². The third-order valence-corrected chi connectivity index (χ3v) is 4.20. The monoisotopic (exact) mass is 340 g/mol. The molecule has 0 amide bonds. The third kappa shape index (κ3) is 3.00. The molecule has 3 rings (SSSR count). The Hall–Kier alpha value is -2.54. The molecule has 0 atom stereocenters. The van der Waals surface area contributed by atoms with Crippen LogP contribution in [0.15, 0.2) is 59.4 Å². The van der Waals surface area contributed by atoms with Crippen LogP contribution >= 0.6 is 23.2 Å². The molecule has 5 heteroatoms. The summed E-state index contributed by atoms with van der Waals surface area (Å²) in [5.41, 5.74) is 2.33. The zero-order valence-corrected chi connectivity index (χ0v) is 13.3. The van der Waals surface area contributed by atoms with Gasteiger partial charge in [-0.3, -0.25) is 4.79 Å². The van der Waals surface area contributed by atoms with E-state index < -0.39 is 5.56 Å². The number of aromatic nitrogens is 1. The number of hydrogen-bond acceptors (Lipinski definition) is 2. The second-order valence-corrected chi connectivity index (χ2v) is 5.72. The largest absolute Gasteiger partial charge is 0.321 e. The maximum absolute atomic E-state index is 12.3. The molecule has 0 fully saturated rings. The van der Waals surface area contributed by atoms with Gasteiger partial charge in [-0.25, -0.2) is 0 Å². The third-order valence-electron chi connectivity index (χ3n) is 3.46. The van der Waals surface area contributed by atoms with Crippen molar-refractivity contribution in [2.45, 2.75) is 0 Å². The van der Waals surface area contributed by atoms with E-state index in [1.54, 1.807) is 24.3 Å². The summed E-state index contributed by atoms with van der Waals surface area (Å²) >= 11 is 12.0. The molecule has 3 nitrogen and oxygen atoms in total. The molecule has 112 valence electrons. The lowest BCUT2D eigenvalue weighted by Gasteiger charge is -2.08. The number of H-pyrrole nitrogens is 1. The van der Waals surface area contributed by atoms with Gasteiger partial charge < -0.3 is 4.98 Å². The SMILES string of the molecule is N#Cc1c(-c2ccccc2)cc(-c2ccc(Cl)c(Cl)c2)[nH]c1=O. The van der Waals surface area contributed by atoms with E-state index in [0.29, 0.717) is 21.3 Å². The van der Waals surface area contributed by atoms with Crippen LogP contribution in [0.25, 0.3) is 22.4 Å². The van der Waals surface area contributed by atoms with Gasteiger partial charge in [-0.15, -0.1) is 0 Å². The number of nitriles is 1. The number of pyridine rings is 1. The number of halogens is 2. The Morgan fingerprint density at radius 3 is 2.30 bits per heavy atom. The van der Waals surface area contributed by atoms with E-state index in [2.05, 4.69) is 4.98 Å². The Morgan fingerprint density at radius 1 is 0.913 bits per heavy atom. The van der Waals surface area contributed by atoms with Crippen molar-refractivity contribution in [2.75, 3.05) is 0 Å². The van der Waals surface area contributed by atoms with E-state index in [0.717, 1.165) is 11.1 Å². The van der Waals surface area contributed by atoms with Crippen LogP contribution in [0.5, 0.6) is 0 Å². The number of rotatable bonds is 2. The van der Waals surface area contributed by atoms with Crippen molar-refractivity contribution >= 4 is 23.2 Å². The Kier molecular flexibility index (Phi) is 4.20. The lowest BCUT2D eigenvalue weighted by molar-refractivity contribution is 1.22. The van der Waals surface area contributed by atoms with Crippen LogP contribution in [0.3, 0.4) is 0 Å². The normalized spacial score (nSPS) is 10.3. The second kappa shape index (κ2) is 6.29. The average Bonchev–Trinajstić information content (AvgIpc) is 2.57. The van der Waals surface area contributed by atoms with Crippen LogP contribution in [-0.2, 0) is 0 Å². The number of hydrogen-bond donors (Lipinski definition) is 1. The van der Waals surface area contributed by atoms with Gasteiger partial charge in [0, 0.05) is 11.3 Å². The van der Waals surface area contributed by atoms with Gasteiger partial charge in [0.15, 0.2) is 0 Å². The summed E-state index contributed by atoms with van der Waals surface area (Å²) in [6.07, 6.45) is 0. The minimum absolute atomic E-state index is 0.0833. The van der Waals surface area contributed by atoms with Crippen LogP contribution in [0.4, 0.5) is 0 Å². The minimum Gasteiger partial charge on any atom is -0.321 e. The standard InChI is InChI=1S/C18H10Cl2N2O/c19-15-7-6-12(8-16(15)20)17-9-13(11-4-2-1-3-5-11)14(10-21)18(23)22-17/h1-9H,(H,22,23). The Morgan fingerprint density at radius 2 is 1.65 bits per heavy atom. The van der Waals surface area contributed by atoms with Crippen molar-refractivity contribution in [3.8, 4) is 28.5 Å².